The van der Waals surface area contributed by atoms with Crippen molar-refractivity contribution in [3.8, 4) is 0 Å². The summed E-state index contributed by atoms with van der Waals surface area (Å²) in [6.45, 7) is 7.71. The van der Waals surface area contributed by atoms with E-state index in [1.54, 1.807) is 0 Å². The van der Waals surface area contributed by atoms with Gasteiger partial charge in [-0.3, -0.25) is 4.79 Å². The Morgan fingerprint density at radius 3 is 2.67 bits per heavy atom. The molecule has 1 fully saturated rings. The molecule has 0 aliphatic carbocycles. The fourth-order valence-corrected chi connectivity index (χ4v) is 2.40. The number of rotatable bonds is 6. The van der Waals surface area contributed by atoms with Gasteiger partial charge in [-0.05, 0) is 24.8 Å². The Labute approximate surface area is 92.5 Å². The molecule has 1 aliphatic rings. The second kappa shape index (κ2) is 6.11. The summed E-state index contributed by atoms with van der Waals surface area (Å²) in [5.74, 6) is 0.523. The van der Waals surface area contributed by atoms with E-state index in [0.29, 0.717) is 12.3 Å². The quantitative estimate of drug-likeness (QED) is 0.735. The van der Waals surface area contributed by atoms with Crippen LogP contribution in [0.5, 0.6) is 0 Å². The molecular formula is C12H23NO2. The lowest BCUT2D eigenvalue weighted by molar-refractivity contribution is -0.138. The fraction of sp³-hybridized carbons (Fsp3) is 0.917. The van der Waals surface area contributed by atoms with Crippen LogP contribution in [0.15, 0.2) is 0 Å². The molecular weight excluding hydrogens is 190 g/mol. The van der Waals surface area contributed by atoms with Crippen molar-refractivity contribution in [1.29, 1.82) is 0 Å². The maximum Gasteiger partial charge on any atom is 0.303 e. The van der Waals surface area contributed by atoms with Gasteiger partial charge >= 0.3 is 5.97 Å². The molecule has 0 spiro atoms. The third-order valence-electron chi connectivity index (χ3n) is 3.50. The molecule has 1 aliphatic heterocycles. The van der Waals surface area contributed by atoms with Crippen molar-refractivity contribution < 1.29 is 9.90 Å². The van der Waals surface area contributed by atoms with Crippen molar-refractivity contribution in [3.63, 3.8) is 0 Å². The molecule has 3 nitrogen and oxygen atoms in total. The molecule has 1 N–H and O–H groups in total. The lowest BCUT2D eigenvalue weighted by atomic mass is 10.0. The molecule has 0 radical (unpaired) electrons. The molecule has 1 rings (SSSR count). The number of hydrogen-bond donors (Lipinski definition) is 1. The van der Waals surface area contributed by atoms with Crippen LogP contribution in [0.1, 0.15) is 39.5 Å². The van der Waals surface area contributed by atoms with Gasteiger partial charge in [0.2, 0.25) is 0 Å². The summed E-state index contributed by atoms with van der Waals surface area (Å²) in [7, 11) is 0. The number of likely N-dealkylation sites (tertiary alicyclic amines) is 1. The van der Waals surface area contributed by atoms with E-state index in [1.807, 2.05) is 0 Å². The summed E-state index contributed by atoms with van der Waals surface area (Å²) >= 11 is 0. The van der Waals surface area contributed by atoms with E-state index in [1.165, 1.54) is 12.8 Å². The normalized spacial score (nSPS) is 22.5. The second-order valence-corrected chi connectivity index (χ2v) is 4.69. The molecule has 1 saturated heterocycles. The van der Waals surface area contributed by atoms with Gasteiger partial charge in [-0.2, -0.15) is 0 Å². The molecule has 0 bridgehead atoms. The highest BCUT2D eigenvalue weighted by atomic mass is 16.4. The zero-order valence-corrected chi connectivity index (χ0v) is 9.91. The largest absolute Gasteiger partial charge is 0.481 e. The van der Waals surface area contributed by atoms with Crippen molar-refractivity contribution in [3.05, 3.63) is 0 Å². The van der Waals surface area contributed by atoms with E-state index in [-0.39, 0.29) is 0 Å². The predicted molar refractivity (Wildman–Crippen MR) is 60.9 cm³/mol. The minimum atomic E-state index is -0.649. The Morgan fingerprint density at radius 2 is 2.13 bits per heavy atom. The second-order valence-electron chi connectivity index (χ2n) is 4.69. The number of hydrogen-bond acceptors (Lipinski definition) is 2. The Kier molecular flexibility index (Phi) is 5.09. The molecule has 0 aromatic carbocycles. The minimum absolute atomic E-state index is 0.347. The van der Waals surface area contributed by atoms with Crippen molar-refractivity contribution in [2.75, 3.05) is 19.6 Å². The van der Waals surface area contributed by atoms with E-state index in [2.05, 4.69) is 18.7 Å². The maximum atomic E-state index is 10.6. The topological polar surface area (TPSA) is 40.5 Å². The van der Waals surface area contributed by atoms with Gasteiger partial charge in [-0.15, -0.1) is 0 Å². The molecule has 0 amide bonds. The Balaban J connectivity index is 2.26. The highest BCUT2D eigenvalue weighted by Crippen LogP contribution is 2.21. The SMILES string of the molecule is CCC(CC)CN1CCC(CC(=O)O)C1. The molecule has 0 aromatic heterocycles. The van der Waals surface area contributed by atoms with Gasteiger partial charge in [-0.25, -0.2) is 0 Å². The number of nitrogens with zero attached hydrogens (tertiary/aromatic N) is 1. The van der Waals surface area contributed by atoms with Crippen molar-refractivity contribution in [2.24, 2.45) is 11.8 Å². The van der Waals surface area contributed by atoms with Crippen LogP contribution in [-0.2, 0) is 4.79 Å². The summed E-state index contributed by atoms with van der Waals surface area (Å²) < 4.78 is 0. The highest BCUT2D eigenvalue weighted by Gasteiger charge is 2.25. The summed E-state index contributed by atoms with van der Waals surface area (Å²) in [4.78, 5) is 13.0. The van der Waals surface area contributed by atoms with E-state index in [4.69, 9.17) is 5.11 Å². The van der Waals surface area contributed by atoms with Gasteiger partial charge in [0, 0.05) is 19.5 Å². The van der Waals surface area contributed by atoms with Crippen LogP contribution in [0.4, 0.5) is 0 Å². The highest BCUT2D eigenvalue weighted by molar-refractivity contribution is 5.67. The molecule has 15 heavy (non-hydrogen) atoms. The van der Waals surface area contributed by atoms with Gasteiger partial charge in [0.05, 0.1) is 0 Å². The van der Waals surface area contributed by atoms with Gasteiger partial charge in [-0.1, -0.05) is 26.7 Å². The first kappa shape index (κ1) is 12.5. The van der Waals surface area contributed by atoms with Crippen LogP contribution in [0.2, 0.25) is 0 Å². The monoisotopic (exact) mass is 213 g/mol. The molecule has 1 atom stereocenters. The average Bonchev–Trinajstić information content (AvgIpc) is 2.61. The van der Waals surface area contributed by atoms with Gasteiger partial charge in [0.15, 0.2) is 0 Å². The average molecular weight is 213 g/mol. The third kappa shape index (κ3) is 4.20. The maximum absolute atomic E-state index is 10.6. The molecule has 1 heterocycles. The van der Waals surface area contributed by atoms with E-state index < -0.39 is 5.97 Å². The zero-order chi connectivity index (χ0) is 11.3. The summed E-state index contributed by atoms with van der Waals surface area (Å²) in [6.07, 6.45) is 3.87. The van der Waals surface area contributed by atoms with Crippen molar-refractivity contribution in [1.82, 2.24) is 4.90 Å². The molecule has 0 aromatic rings. The number of carboxylic acid groups (broad SMARTS) is 1. The Bertz CT molecular complexity index is 202. The van der Waals surface area contributed by atoms with E-state index in [9.17, 15) is 4.79 Å². The Morgan fingerprint density at radius 1 is 1.47 bits per heavy atom. The van der Waals surface area contributed by atoms with Crippen LogP contribution in [0.25, 0.3) is 0 Å². The third-order valence-corrected chi connectivity index (χ3v) is 3.50. The van der Waals surface area contributed by atoms with Crippen molar-refractivity contribution in [2.45, 2.75) is 39.5 Å². The zero-order valence-electron chi connectivity index (χ0n) is 9.91. The lowest BCUT2D eigenvalue weighted by Crippen LogP contribution is -2.27. The fourth-order valence-electron chi connectivity index (χ4n) is 2.40. The van der Waals surface area contributed by atoms with Crippen LogP contribution in [0, 0.1) is 11.8 Å². The van der Waals surface area contributed by atoms with Crippen LogP contribution < -0.4 is 0 Å². The number of aliphatic carboxylic acids is 1. The van der Waals surface area contributed by atoms with E-state index in [0.717, 1.165) is 32.0 Å². The standard InChI is InChI=1S/C12H23NO2/c1-3-10(4-2)8-13-6-5-11(9-13)7-12(14)15/h10-11H,3-9H2,1-2H3,(H,14,15). The smallest absolute Gasteiger partial charge is 0.303 e. The minimum Gasteiger partial charge on any atom is -0.481 e. The van der Waals surface area contributed by atoms with Crippen LogP contribution in [0.3, 0.4) is 0 Å². The molecule has 88 valence electrons. The van der Waals surface area contributed by atoms with Gasteiger partial charge < -0.3 is 10.0 Å². The van der Waals surface area contributed by atoms with Crippen molar-refractivity contribution >= 4 is 5.97 Å². The lowest BCUT2D eigenvalue weighted by Gasteiger charge is -2.21. The van der Waals surface area contributed by atoms with Crippen LogP contribution in [-0.4, -0.2) is 35.6 Å². The summed E-state index contributed by atoms with van der Waals surface area (Å²) in [5.41, 5.74) is 0. The van der Waals surface area contributed by atoms with Gasteiger partial charge in [0.1, 0.15) is 0 Å². The first-order valence-corrected chi connectivity index (χ1v) is 6.09. The van der Waals surface area contributed by atoms with Gasteiger partial charge in [0.25, 0.3) is 0 Å². The molecule has 1 unspecified atom stereocenters. The van der Waals surface area contributed by atoms with Crippen LogP contribution >= 0.6 is 0 Å². The predicted octanol–water partition coefficient (Wildman–Crippen LogP) is 2.22. The Hall–Kier alpha value is -0.570. The molecule has 0 saturated carbocycles. The summed E-state index contributed by atoms with van der Waals surface area (Å²) in [5, 5.41) is 8.72. The first-order valence-electron chi connectivity index (χ1n) is 6.09. The van der Waals surface area contributed by atoms with E-state index >= 15 is 0 Å². The molecule has 3 heteroatoms. The first-order chi connectivity index (χ1) is 7.15. The number of carboxylic acids is 1. The number of carbonyl (C=O) groups is 1. The summed E-state index contributed by atoms with van der Waals surface area (Å²) in [6, 6.07) is 0.